The number of hydrogen-bond acceptors (Lipinski definition) is 4. The van der Waals surface area contributed by atoms with Crippen LogP contribution in [0, 0.1) is 0 Å². The Kier molecular flexibility index (Phi) is 7.41. The lowest BCUT2D eigenvalue weighted by Crippen LogP contribution is -2.04. The summed E-state index contributed by atoms with van der Waals surface area (Å²) in [5, 5.41) is 2.93. The lowest BCUT2D eigenvalue weighted by Gasteiger charge is -1.92. The molecule has 6 heteroatoms. The van der Waals surface area contributed by atoms with Gasteiger partial charge in [0.2, 0.25) is 0 Å². The quantitative estimate of drug-likeness (QED) is 0.541. The molecule has 0 aromatic carbocycles. The van der Waals surface area contributed by atoms with Gasteiger partial charge in [0.1, 0.15) is 0 Å². The van der Waals surface area contributed by atoms with Crippen molar-refractivity contribution in [3.63, 3.8) is 0 Å². The Morgan fingerprint density at radius 2 is 2.21 bits per heavy atom. The van der Waals surface area contributed by atoms with Crippen LogP contribution in [0.2, 0.25) is 0 Å². The van der Waals surface area contributed by atoms with Crippen molar-refractivity contribution in [1.29, 1.82) is 0 Å². The maximum atomic E-state index is 10.1. The lowest BCUT2D eigenvalue weighted by molar-refractivity contribution is 0.480. The second-order valence-corrected chi connectivity index (χ2v) is 4.55. The summed E-state index contributed by atoms with van der Waals surface area (Å²) in [6.07, 6.45) is 4.13. The minimum atomic E-state index is -3.70. The fourth-order valence-corrected chi connectivity index (χ4v) is 1.43. The zero-order chi connectivity index (χ0) is 10.9. The standard InChI is InChI=1S/C5H12O3S.C3H6N2/c1-2-3-4-5-9(6,7)8;1-2-5-3-4-1/h2-5H2,1H3,(H,6,7,8);3H,1-2H2,(H,4,5). The van der Waals surface area contributed by atoms with Crippen LogP contribution in [0.15, 0.2) is 4.99 Å². The molecule has 0 bridgehead atoms. The normalized spacial score (nSPS) is 14.4. The van der Waals surface area contributed by atoms with Crippen molar-refractivity contribution >= 4 is 16.5 Å². The average Bonchev–Trinajstić information content (AvgIpc) is 2.59. The Morgan fingerprint density at radius 1 is 1.50 bits per heavy atom. The van der Waals surface area contributed by atoms with E-state index in [1.54, 1.807) is 6.34 Å². The molecule has 0 radical (unpaired) electrons. The zero-order valence-electron chi connectivity index (χ0n) is 8.44. The van der Waals surface area contributed by atoms with Crippen LogP contribution in [0.4, 0.5) is 0 Å². The highest BCUT2D eigenvalue weighted by molar-refractivity contribution is 7.85. The van der Waals surface area contributed by atoms with E-state index >= 15 is 0 Å². The molecule has 5 nitrogen and oxygen atoms in total. The lowest BCUT2D eigenvalue weighted by atomic mass is 10.3. The third-order valence-electron chi connectivity index (χ3n) is 1.57. The molecular formula is C8H18N2O3S. The zero-order valence-corrected chi connectivity index (χ0v) is 9.26. The Morgan fingerprint density at radius 3 is 2.50 bits per heavy atom. The Balaban J connectivity index is 0.000000280. The van der Waals surface area contributed by atoms with Gasteiger partial charge in [-0.25, -0.2) is 0 Å². The molecule has 0 fully saturated rings. The monoisotopic (exact) mass is 222 g/mol. The van der Waals surface area contributed by atoms with Crippen LogP contribution in [-0.4, -0.2) is 38.2 Å². The van der Waals surface area contributed by atoms with Gasteiger partial charge in [0.15, 0.2) is 0 Å². The first-order chi connectivity index (χ1) is 6.56. The van der Waals surface area contributed by atoms with Gasteiger partial charge in [0.25, 0.3) is 10.1 Å². The molecule has 0 atom stereocenters. The van der Waals surface area contributed by atoms with Gasteiger partial charge < -0.3 is 5.32 Å². The molecule has 0 aromatic heterocycles. The van der Waals surface area contributed by atoms with E-state index in [2.05, 4.69) is 10.3 Å². The van der Waals surface area contributed by atoms with E-state index in [9.17, 15) is 8.42 Å². The van der Waals surface area contributed by atoms with Crippen molar-refractivity contribution < 1.29 is 13.0 Å². The fraction of sp³-hybridized carbons (Fsp3) is 0.875. The van der Waals surface area contributed by atoms with Crippen molar-refractivity contribution in [2.45, 2.75) is 26.2 Å². The van der Waals surface area contributed by atoms with Crippen molar-refractivity contribution in [3.8, 4) is 0 Å². The summed E-state index contributed by atoms with van der Waals surface area (Å²) in [5.41, 5.74) is 0. The molecule has 0 saturated heterocycles. The number of hydrogen-bond donors (Lipinski definition) is 2. The predicted octanol–water partition coefficient (Wildman–Crippen LogP) is 0.682. The van der Waals surface area contributed by atoms with E-state index in [0.717, 1.165) is 25.9 Å². The van der Waals surface area contributed by atoms with Crippen molar-refractivity contribution in [1.82, 2.24) is 5.32 Å². The third kappa shape index (κ3) is 11.4. The largest absolute Gasteiger partial charge is 0.375 e. The Hall–Kier alpha value is -0.620. The molecule has 2 N–H and O–H groups in total. The highest BCUT2D eigenvalue weighted by Gasteiger charge is 2.01. The molecule has 0 aliphatic carbocycles. The molecule has 1 rings (SSSR count). The SMILES string of the molecule is C1=NCCN1.CCCCCS(=O)(=O)O. The summed E-state index contributed by atoms with van der Waals surface area (Å²) in [5.74, 6) is -0.0964. The number of nitrogens with one attached hydrogen (secondary N) is 1. The van der Waals surface area contributed by atoms with Crippen LogP contribution >= 0.6 is 0 Å². The first-order valence-electron chi connectivity index (χ1n) is 4.73. The number of aliphatic imine (C=N–C) groups is 1. The first kappa shape index (κ1) is 13.4. The minimum Gasteiger partial charge on any atom is -0.375 e. The number of unbranched alkanes of at least 4 members (excludes halogenated alkanes) is 2. The molecule has 0 aromatic rings. The molecule has 0 amide bonds. The summed E-state index contributed by atoms with van der Waals surface area (Å²) in [6.45, 7) is 3.96. The fourth-order valence-electron chi connectivity index (χ4n) is 0.857. The van der Waals surface area contributed by atoms with Crippen LogP contribution in [0.3, 0.4) is 0 Å². The van der Waals surface area contributed by atoms with Crippen molar-refractivity contribution in [3.05, 3.63) is 0 Å². The van der Waals surface area contributed by atoms with Crippen LogP contribution in [0.25, 0.3) is 0 Å². The first-order valence-corrected chi connectivity index (χ1v) is 6.34. The second-order valence-electron chi connectivity index (χ2n) is 2.98. The van der Waals surface area contributed by atoms with Crippen LogP contribution in [0.5, 0.6) is 0 Å². The van der Waals surface area contributed by atoms with Gasteiger partial charge >= 0.3 is 0 Å². The highest BCUT2D eigenvalue weighted by atomic mass is 32.2. The molecule has 84 valence electrons. The summed E-state index contributed by atoms with van der Waals surface area (Å²) >= 11 is 0. The Labute approximate surface area is 85.4 Å². The third-order valence-corrected chi connectivity index (χ3v) is 2.38. The van der Waals surface area contributed by atoms with Gasteiger partial charge in [-0.3, -0.25) is 9.55 Å². The van der Waals surface area contributed by atoms with E-state index in [1.807, 2.05) is 6.92 Å². The minimum absolute atomic E-state index is 0.0964. The van der Waals surface area contributed by atoms with Crippen LogP contribution in [-0.2, 0) is 10.1 Å². The van der Waals surface area contributed by atoms with E-state index in [0.29, 0.717) is 6.42 Å². The van der Waals surface area contributed by atoms with Crippen molar-refractivity contribution in [2.24, 2.45) is 4.99 Å². The maximum absolute atomic E-state index is 10.1. The molecule has 1 aliphatic heterocycles. The summed E-state index contributed by atoms with van der Waals surface area (Å²) in [4.78, 5) is 3.85. The average molecular weight is 222 g/mol. The molecule has 14 heavy (non-hydrogen) atoms. The predicted molar refractivity (Wildman–Crippen MR) is 57.3 cm³/mol. The van der Waals surface area contributed by atoms with Crippen molar-refractivity contribution in [2.75, 3.05) is 18.8 Å². The van der Waals surface area contributed by atoms with Crippen LogP contribution < -0.4 is 5.32 Å². The van der Waals surface area contributed by atoms with Crippen LogP contribution in [0.1, 0.15) is 26.2 Å². The summed E-state index contributed by atoms with van der Waals surface area (Å²) in [7, 11) is -3.70. The molecule has 0 saturated carbocycles. The molecule has 1 aliphatic rings. The van der Waals surface area contributed by atoms with Gasteiger partial charge in [-0.15, -0.1) is 0 Å². The smallest absolute Gasteiger partial charge is 0.264 e. The maximum Gasteiger partial charge on any atom is 0.264 e. The molecule has 0 spiro atoms. The van der Waals surface area contributed by atoms with E-state index < -0.39 is 10.1 Å². The van der Waals surface area contributed by atoms with Gasteiger partial charge in [-0.1, -0.05) is 19.8 Å². The highest BCUT2D eigenvalue weighted by Crippen LogP contribution is 1.96. The van der Waals surface area contributed by atoms with E-state index in [1.165, 1.54) is 0 Å². The van der Waals surface area contributed by atoms with E-state index in [-0.39, 0.29) is 5.75 Å². The molecular weight excluding hydrogens is 204 g/mol. The van der Waals surface area contributed by atoms with Gasteiger partial charge in [-0.2, -0.15) is 8.42 Å². The topological polar surface area (TPSA) is 78.8 Å². The Bertz CT molecular complexity index is 243. The second kappa shape index (κ2) is 7.75. The van der Waals surface area contributed by atoms with E-state index in [4.69, 9.17) is 4.55 Å². The molecule has 0 unspecified atom stereocenters. The van der Waals surface area contributed by atoms with Gasteiger partial charge in [-0.05, 0) is 6.42 Å². The summed E-state index contributed by atoms with van der Waals surface area (Å²) in [6, 6.07) is 0. The van der Waals surface area contributed by atoms with Gasteiger partial charge in [0, 0.05) is 6.54 Å². The summed E-state index contributed by atoms with van der Waals surface area (Å²) < 4.78 is 28.3. The number of nitrogens with zero attached hydrogens (tertiary/aromatic N) is 1. The van der Waals surface area contributed by atoms with Gasteiger partial charge in [0.05, 0.1) is 18.6 Å². The molecule has 1 heterocycles. The number of rotatable bonds is 4.